The van der Waals surface area contributed by atoms with Crippen molar-refractivity contribution in [3.63, 3.8) is 0 Å². The van der Waals surface area contributed by atoms with Gasteiger partial charge in [-0.3, -0.25) is 4.79 Å². The molecule has 0 radical (unpaired) electrons. The summed E-state index contributed by atoms with van der Waals surface area (Å²) in [6.07, 6.45) is 0.756. The molecule has 1 saturated heterocycles. The highest BCUT2D eigenvalue weighted by molar-refractivity contribution is 5.94. The number of carbonyl (C=O) groups is 2. The lowest BCUT2D eigenvalue weighted by molar-refractivity contribution is 0.0934. The van der Waals surface area contributed by atoms with E-state index in [4.69, 9.17) is 5.11 Å². The molecule has 1 fully saturated rings. The van der Waals surface area contributed by atoms with E-state index in [2.05, 4.69) is 5.32 Å². The van der Waals surface area contributed by atoms with Gasteiger partial charge >= 0.3 is 6.09 Å². The van der Waals surface area contributed by atoms with Crippen LogP contribution in [0.3, 0.4) is 0 Å². The highest BCUT2D eigenvalue weighted by Gasteiger charge is 2.28. The quantitative estimate of drug-likeness (QED) is 0.852. The third kappa shape index (κ3) is 2.80. The molecule has 1 aromatic carbocycles. The van der Waals surface area contributed by atoms with Crippen LogP contribution in [0.5, 0.6) is 0 Å². The molecular formula is C13H16N2O3. The topological polar surface area (TPSA) is 69.6 Å². The highest BCUT2D eigenvalue weighted by atomic mass is 16.4. The zero-order valence-electron chi connectivity index (χ0n) is 10.0. The minimum Gasteiger partial charge on any atom is -0.465 e. The fourth-order valence-corrected chi connectivity index (χ4v) is 2.20. The van der Waals surface area contributed by atoms with Crippen molar-refractivity contribution in [1.29, 1.82) is 0 Å². The van der Waals surface area contributed by atoms with Gasteiger partial charge < -0.3 is 15.3 Å². The summed E-state index contributed by atoms with van der Waals surface area (Å²) >= 11 is 0. The lowest BCUT2D eigenvalue weighted by Crippen LogP contribution is -2.42. The van der Waals surface area contributed by atoms with Crippen LogP contribution in [0.1, 0.15) is 23.2 Å². The molecule has 5 heteroatoms. The predicted octanol–water partition coefficient (Wildman–Crippen LogP) is 1.56. The third-order valence-electron chi connectivity index (χ3n) is 3.16. The zero-order chi connectivity index (χ0) is 13.0. The average Bonchev–Trinajstić information content (AvgIpc) is 2.85. The highest BCUT2D eigenvalue weighted by Crippen LogP contribution is 2.16. The maximum atomic E-state index is 11.8. The van der Waals surface area contributed by atoms with Crippen molar-refractivity contribution in [1.82, 2.24) is 10.2 Å². The number of hydrogen-bond acceptors (Lipinski definition) is 2. The average molecular weight is 248 g/mol. The van der Waals surface area contributed by atoms with Crippen LogP contribution in [0, 0.1) is 0 Å². The normalized spacial score (nSPS) is 18.7. The molecule has 2 rings (SSSR count). The summed E-state index contributed by atoms with van der Waals surface area (Å²) in [6.45, 7) is 0.932. The Balaban J connectivity index is 1.88. The number of carbonyl (C=O) groups excluding carboxylic acids is 1. The molecule has 2 amide bonds. The van der Waals surface area contributed by atoms with E-state index in [-0.39, 0.29) is 11.9 Å². The Bertz CT molecular complexity index is 433. The van der Waals surface area contributed by atoms with Crippen molar-refractivity contribution in [2.24, 2.45) is 0 Å². The van der Waals surface area contributed by atoms with Gasteiger partial charge in [0, 0.05) is 18.7 Å². The Morgan fingerprint density at radius 2 is 2.06 bits per heavy atom. The fourth-order valence-electron chi connectivity index (χ4n) is 2.20. The molecule has 2 N–H and O–H groups in total. The number of rotatable bonds is 3. The molecule has 1 heterocycles. The summed E-state index contributed by atoms with van der Waals surface area (Å²) in [5.74, 6) is -0.159. The van der Waals surface area contributed by atoms with E-state index in [0.717, 1.165) is 12.8 Å². The van der Waals surface area contributed by atoms with Crippen LogP contribution in [-0.2, 0) is 0 Å². The van der Waals surface area contributed by atoms with E-state index in [9.17, 15) is 9.59 Å². The van der Waals surface area contributed by atoms with Crippen LogP contribution in [0.2, 0.25) is 0 Å². The largest absolute Gasteiger partial charge is 0.465 e. The van der Waals surface area contributed by atoms with Gasteiger partial charge in [0.1, 0.15) is 0 Å². The third-order valence-corrected chi connectivity index (χ3v) is 3.16. The van der Waals surface area contributed by atoms with Crippen molar-refractivity contribution in [3.8, 4) is 0 Å². The molecule has 0 unspecified atom stereocenters. The molecule has 0 aromatic heterocycles. The van der Waals surface area contributed by atoms with Crippen molar-refractivity contribution in [2.45, 2.75) is 18.9 Å². The number of likely N-dealkylation sites (tertiary alicyclic amines) is 1. The van der Waals surface area contributed by atoms with Crippen LogP contribution in [-0.4, -0.2) is 41.1 Å². The van der Waals surface area contributed by atoms with E-state index >= 15 is 0 Å². The SMILES string of the molecule is O=C(NC[C@@H]1CCCN1C(=O)O)c1ccccc1. The van der Waals surface area contributed by atoms with Crippen LogP contribution >= 0.6 is 0 Å². The summed E-state index contributed by atoms with van der Waals surface area (Å²) in [5.41, 5.74) is 0.595. The number of nitrogens with one attached hydrogen (secondary N) is 1. The first-order valence-electron chi connectivity index (χ1n) is 6.01. The lowest BCUT2D eigenvalue weighted by atomic mass is 10.2. The fraction of sp³-hybridized carbons (Fsp3) is 0.385. The standard InChI is InChI=1S/C13H16N2O3/c16-12(10-5-2-1-3-6-10)14-9-11-7-4-8-15(11)13(17)18/h1-3,5-6,11H,4,7-9H2,(H,14,16)(H,17,18)/t11-/m0/s1. The van der Waals surface area contributed by atoms with E-state index < -0.39 is 6.09 Å². The Kier molecular flexibility index (Phi) is 3.82. The second-order valence-corrected chi connectivity index (χ2v) is 4.35. The molecule has 1 aliphatic heterocycles. The molecule has 1 aliphatic rings. The smallest absolute Gasteiger partial charge is 0.407 e. The van der Waals surface area contributed by atoms with Gasteiger partial charge in [0.15, 0.2) is 0 Å². The van der Waals surface area contributed by atoms with Crippen LogP contribution in [0.4, 0.5) is 4.79 Å². The molecule has 0 saturated carbocycles. The van der Waals surface area contributed by atoms with Gasteiger partial charge in [0.05, 0.1) is 6.04 Å². The van der Waals surface area contributed by atoms with E-state index in [0.29, 0.717) is 18.7 Å². The van der Waals surface area contributed by atoms with Gasteiger partial charge in [-0.1, -0.05) is 18.2 Å². The summed E-state index contributed by atoms with van der Waals surface area (Å²) < 4.78 is 0. The molecular weight excluding hydrogens is 232 g/mol. The van der Waals surface area contributed by atoms with Gasteiger partial charge in [-0.05, 0) is 25.0 Å². The van der Waals surface area contributed by atoms with E-state index in [1.54, 1.807) is 24.3 Å². The summed E-state index contributed by atoms with van der Waals surface area (Å²) in [6, 6.07) is 8.81. The Morgan fingerprint density at radius 1 is 1.33 bits per heavy atom. The van der Waals surface area contributed by atoms with E-state index in [1.165, 1.54) is 4.90 Å². The van der Waals surface area contributed by atoms with Gasteiger partial charge in [-0.15, -0.1) is 0 Å². The van der Waals surface area contributed by atoms with Gasteiger partial charge in [0.2, 0.25) is 0 Å². The predicted molar refractivity (Wildman–Crippen MR) is 66.5 cm³/mol. The van der Waals surface area contributed by atoms with Crippen molar-refractivity contribution in [3.05, 3.63) is 35.9 Å². The molecule has 1 aromatic rings. The number of amides is 2. The van der Waals surface area contributed by atoms with Crippen LogP contribution < -0.4 is 5.32 Å². The van der Waals surface area contributed by atoms with Gasteiger partial charge in [0.25, 0.3) is 5.91 Å². The monoisotopic (exact) mass is 248 g/mol. The molecule has 18 heavy (non-hydrogen) atoms. The number of nitrogens with zero attached hydrogens (tertiary/aromatic N) is 1. The summed E-state index contributed by atoms with van der Waals surface area (Å²) in [4.78, 5) is 24.1. The molecule has 1 atom stereocenters. The second-order valence-electron chi connectivity index (χ2n) is 4.35. The van der Waals surface area contributed by atoms with Gasteiger partial charge in [-0.2, -0.15) is 0 Å². The minimum absolute atomic E-state index is 0.102. The van der Waals surface area contributed by atoms with Crippen LogP contribution in [0.15, 0.2) is 30.3 Å². The van der Waals surface area contributed by atoms with Crippen molar-refractivity contribution >= 4 is 12.0 Å². The molecule has 0 aliphatic carbocycles. The number of carboxylic acid groups (broad SMARTS) is 1. The molecule has 0 spiro atoms. The molecule has 0 bridgehead atoms. The summed E-state index contributed by atoms with van der Waals surface area (Å²) in [7, 11) is 0. The van der Waals surface area contributed by atoms with Crippen LogP contribution in [0.25, 0.3) is 0 Å². The molecule has 5 nitrogen and oxygen atoms in total. The molecule has 96 valence electrons. The first-order chi connectivity index (χ1) is 8.68. The van der Waals surface area contributed by atoms with Crippen molar-refractivity contribution in [2.75, 3.05) is 13.1 Å². The Labute approximate surface area is 105 Å². The maximum absolute atomic E-state index is 11.8. The number of benzene rings is 1. The second kappa shape index (κ2) is 5.53. The Morgan fingerprint density at radius 3 is 2.72 bits per heavy atom. The lowest BCUT2D eigenvalue weighted by Gasteiger charge is -2.21. The van der Waals surface area contributed by atoms with Gasteiger partial charge in [-0.25, -0.2) is 4.79 Å². The number of hydrogen-bond donors (Lipinski definition) is 2. The minimum atomic E-state index is -0.911. The summed E-state index contributed by atoms with van der Waals surface area (Å²) in [5, 5.41) is 11.8. The first kappa shape index (κ1) is 12.4. The van der Waals surface area contributed by atoms with Crippen molar-refractivity contribution < 1.29 is 14.7 Å². The Hall–Kier alpha value is -2.04. The zero-order valence-corrected chi connectivity index (χ0v) is 10.0. The van der Waals surface area contributed by atoms with E-state index in [1.807, 2.05) is 6.07 Å². The maximum Gasteiger partial charge on any atom is 0.407 e. The first-order valence-corrected chi connectivity index (χ1v) is 6.01.